The van der Waals surface area contributed by atoms with E-state index in [4.69, 9.17) is 15.2 Å². The highest BCUT2D eigenvalue weighted by Gasteiger charge is 2.04. The van der Waals surface area contributed by atoms with Crippen molar-refractivity contribution in [3.8, 4) is 11.5 Å². The number of hydrogen-bond acceptors (Lipinski definition) is 3. The zero-order chi connectivity index (χ0) is 13.7. The minimum Gasteiger partial charge on any atom is -0.496 e. The summed E-state index contributed by atoms with van der Waals surface area (Å²) in [6.45, 7) is 0.950. The summed E-state index contributed by atoms with van der Waals surface area (Å²) in [5.74, 6) is 1.64. The molecule has 0 saturated heterocycles. The van der Waals surface area contributed by atoms with Gasteiger partial charge >= 0.3 is 0 Å². The van der Waals surface area contributed by atoms with Gasteiger partial charge in [0.15, 0.2) is 0 Å². The van der Waals surface area contributed by atoms with Crippen LogP contribution < -0.4 is 15.2 Å². The van der Waals surface area contributed by atoms with Gasteiger partial charge < -0.3 is 15.2 Å². The van der Waals surface area contributed by atoms with E-state index in [0.29, 0.717) is 13.2 Å². The second-order valence-electron chi connectivity index (χ2n) is 4.07. The van der Waals surface area contributed by atoms with Crippen LogP contribution in [0.25, 0.3) is 0 Å². The predicted octanol–water partition coefficient (Wildman–Crippen LogP) is 3.50. The summed E-state index contributed by atoms with van der Waals surface area (Å²) in [4.78, 5) is 0. The summed E-state index contributed by atoms with van der Waals surface area (Å²) in [6, 6.07) is 13.7. The first-order chi connectivity index (χ1) is 9.24. The highest BCUT2D eigenvalue weighted by molar-refractivity contribution is 9.10. The molecule has 0 saturated carbocycles. The first-order valence-electron chi connectivity index (χ1n) is 5.97. The van der Waals surface area contributed by atoms with Crippen LogP contribution in [0.4, 0.5) is 0 Å². The summed E-state index contributed by atoms with van der Waals surface area (Å²) in [7, 11) is 1.64. The fraction of sp³-hybridized carbons (Fsp3) is 0.200. The SMILES string of the molecule is COc1ccc(COc2ccccc2Br)cc1CN. The Labute approximate surface area is 121 Å². The molecular formula is C15H16BrNO2. The number of nitrogens with two attached hydrogens (primary N) is 1. The Kier molecular flexibility index (Phi) is 4.82. The molecule has 0 aromatic heterocycles. The molecule has 0 radical (unpaired) electrons. The van der Waals surface area contributed by atoms with Gasteiger partial charge in [-0.3, -0.25) is 0 Å². The fourth-order valence-electron chi connectivity index (χ4n) is 1.80. The van der Waals surface area contributed by atoms with E-state index in [-0.39, 0.29) is 0 Å². The van der Waals surface area contributed by atoms with Crippen molar-refractivity contribution in [3.63, 3.8) is 0 Å². The third-order valence-corrected chi connectivity index (χ3v) is 3.45. The van der Waals surface area contributed by atoms with Crippen LogP contribution in [0.5, 0.6) is 11.5 Å². The lowest BCUT2D eigenvalue weighted by Gasteiger charge is -2.11. The molecule has 19 heavy (non-hydrogen) atoms. The molecule has 0 amide bonds. The van der Waals surface area contributed by atoms with E-state index in [0.717, 1.165) is 27.1 Å². The first kappa shape index (κ1) is 13.9. The maximum atomic E-state index is 5.77. The monoisotopic (exact) mass is 321 g/mol. The molecule has 0 fully saturated rings. The standard InChI is InChI=1S/C15H16BrNO2/c1-18-14-7-6-11(8-12(14)9-17)10-19-15-5-3-2-4-13(15)16/h2-8H,9-10,17H2,1H3. The van der Waals surface area contributed by atoms with Gasteiger partial charge in [-0.15, -0.1) is 0 Å². The van der Waals surface area contributed by atoms with E-state index in [1.54, 1.807) is 7.11 Å². The van der Waals surface area contributed by atoms with Crippen LogP contribution in [0.2, 0.25) is 0 Å². The molecule has 4 heteroatoms. The van der Waals surface area contributed by atoms with Gasteiger partial charge in [-0.05, 0) is 45.8 Å². The van der Waals surface area contributed by atoms with Gasteiger partial charge in [-0.2, -0.15) is 0 Å². The number of ether oxygens (including phenoxy) is 2. The van der Waals surface area contributed by atoms with Crippen molar-refractivity contribution in [1.82, 2.24) is 0 Å². The number of rotatable bonds is 5. The largest absolute Gasteiger partial charge is 0.496 e. The Morgan fingerprint density at radius 3 is 2.58 bits per heavy atom. The van der Waals surface area contributed by atoms with Crippen molar-refractivity contribution in [2.24, 2.45) is 5.73 Å². The van der Waals surface area contributed by atoms with Gasteiger partial charge in [0.25, 0.3) is 0 Å². The van der Waals surface area contributed by atoms with E-state index in [2.05, 4.69) is 15.9 Å². The highest BCUT2D eigenvalue weighted by atomic mass is 79.9. The zero-order valence-corrected chi connectivity index (χ0v) is 12.3. The van der Waals surface area contributed by atoms with E-state index >= 15 is 0 Å². The van der Waals surface area contributed by atoms with Crippen LogP contribution in [0.3, 0.4) is 0 Å². The van der Waals surface area contributed by atoms with E-state index < -0.39 is 0 Å². The number of benzene rings is 2. The van der Waals surface area contributed by atoms with Crippen molar-refractivity contribution in [1.29, 1.82) is 0 Å². The Morgan fingerprint density at radius 1 is 1.11 bits per heavy atom. The summed E-state index contributed by atoms with van der Waals surface area (Å²) in [6.07, 6.45) is 0. The second kappa shape index (κ2) is 6.59. The molecular weight excluding hydrogens is 306 g/mol. The van der Waals surface area contributed by atoms with Gasteiger partial charge in [0.2, 0.25) is 0 Å². The van der Waals surface area contributed by atoms with Crippen molar-refractivity contribution in [3.05, 3.63) is 58.1 Å². The summed E-state index contributed by atoms with van der Waals surface area (Å²) < 4.78 is 12.0. The summed E-state index contributed by atoms with van der Waals surface area (Å²) in [5, 5.41) is 0. The second-order valence-corrected chi connectivity index (χ2v) is 4.92. The van der Waals surface area contributed by atoms with Crippen LogP contribution in [0, 0.1) is 0 Å². The Bertz CT molecular complexity index is 558. The molecule has 100 valence electrons. The molecule has 2 aromatic carbocycles. The Balaban J connectivity index is 2.10. The molecule has 0 atom stereocenters. The summed E-state index contributed by atoms with van der Waals surface area (Å²) in [5.41, 5.74) is 7.75. The normalized spacial score (nSPS) is 10.3. The molecule has 2 aromatic rings. The zero-order valence-electron chi connectivity index (χ0n) is 10.7. The molecule has 0 aliphatic rings. The number of halogens is 1. The maximum Gasteiger partial charge on any atom is 0.133 e. The number of methoxy groups -OCH3 is 1. The molecule has 2 rings (SSSR count). The lowest BCUT2D eigenvalue weighted by molar-refractivity contribution is 0.304. The number of hydrogen-bond donors (Lipinski definition) is 1. The molecule has 2 N–H and O–H groups in total. The number of para-hydroxylation sites is 1. The minimum atomic E-state index is 0.450. The third kappa shape index (κ3) is 3.49. The van der Waals surface area contributed by atoms with Crippen molar-refractivity contribution >= 4 is 15.9 Å². The van der Waals surface area contributed by atoms with E-state index in [1.165, 1.54) is 0 Å². The van der Waals surface area contributed by atoms with Crippen LogP contribution in [0.1, 0.15) is 11.1 Å². The van der Waals surface area contributed by atoms with Gasteiger partial charge in [0.05, 0.1) is 11.6 Å². The van der Waals surface area contributed by atoms with Gasteiger partial charge in [0.1, 0.15) is 18.1 Å². The molecule has 0 heterocycles. The molecule has 0 aliphatic heterocycles. The van der Waals surface area contributed by atoms with Crippen molar-refractivity contribution < 1.29 is 9.47 Å². The van der Waals surface area contributed by atoms with Crippen LogP contribution in [0.15, 0.2) is 46.9 Å². The molecule has 0 spiro atoms. The lowest BCUT2D eigenvalue weighted by Crippen LogP contribution is -2.02. The summed E-state index contributed by atoms with van der Waals surface area (Å²) >= 11 is 3.46. The average molecular weight is 322 g/mol. The molecule has 3 nitrogen and oxygen atoms in total. The Morgan fingerprint density at radius 2 is 1.89 bits per heavy atom. The van der Waals surface area contributed by atoms with Gasteiger partial charge in [-0.25, -0.2) is 0 Å². The van der Waals surface area contributed by atoms with E-state index in [1.807, 2.05) is 42.5 Å². The van der Waals surface area contributed by atoms with Crippen LogP contribution in [-0.2, 0) is 13.2 Å². The predicted molar refractivity (Wildman–Crippen MR) is 79.4 cm³/mol. The third-order valence-electron chi connectivity index (χ3n) is 2.80. The quantitative estimate of drug-likeness (QED) is 0.916. The smallest absolute Gasteiger partial charge is 0.133 e. The average Bonchev–Trinajstić information content (AvgIpc) is 2.46. The van der Waals surface area contributed by atoms with Crippen LogP contribution >= 0.6 is 15.9 Å². The molecule has 0 unspecified atom stereocenters. The topological polar surface area (TPSA) is 44.5 Å². The Hall–Kier alpha value is -1.52. The van der Waals surface area contributed by atoms with Crippen molar-refractivity contribution in [2.45, 2.75) is 13.2 Å². The van der Waals surface area contributed by atoms with Crippen LogP contribution in [-0.4, -0.2) is 7.11 Å². The van der Waals surface area contributed by atoms with Crippen molar-refractivity contribution in [2.75, 3.05) is 7.11 Å². The highest BCUT2D eigenvalue weighted by Crippen LogP contribution is 2.25. The molecule has 0 aliphatic carbocycles. The van der Waals surface area contributed by atoms with Gasteiger partial charge in [-0.1, -0.05) is 18.2 Å². The van der Waals surface area contributed by atoms with Gasteiger partial charge in [0, 0.05) is 12.1 Å². The molecule has 0 bridgehead atoms. The fourth-order valence-corrected chi connectivity index (χ4v) is 2.20. The first-order valence-corrected chi connectivity index (χ1v) is 6.77. The maximum absolute atomic E-state index is 5.77. The minimum absolute atomic E-state index is 0.450. The van der Waals surface area contributed by atoms with E-state index in [9.17, 15) is 0 Å². The lowest BCUT2D eigenvalue weighted by atomic mass is 10.1.